The van der Waals surface area contributed by atoms with E-state index in [1.807, 2.05) is 55.5 Å². The quantitative estimate of drug-likeness (QED) is 0.385. The molecule has 0 radical (unpaired) electrons. The summed E-state index contributed by atoms with van der Waals surface area (Å²) in [7, 11) is 0. The van der Waals surface area contributed by atoms with Crippen molar-refractivity contribution >= 4 is 50.3 Å². The lowest BCUT2D eigenvalue weighted by molar-refractivity contribution is -0.118. The molecule has 0 saturated carbocycles. The number of carbonyl (C=O) groups is 1. The van der Waals surface area contributed by atoms with Crippen LogP contribution in [-0.2, 0) is 4.79 Å². The second-order valence-corrected chi connectivity index (χ2v) is 6.97. The summed E-state index contributed by atoms with van der Waals surface area (Å²) in [4.78, 5) is 19.5. The fourth-order valence-electron chi connectivity index (χ4n) is 2.07. The van der Waals surface area contributed by atoms with Crippen molar-refractivity contribution in [2.24, 2.45) is 5.10 Å². The van der Waals surface area contributed by atoms with Crippen LogP contribution in [0.3, 0.4) is 0 Å². The smallest absolute Gasteiger partial charge is 0.250 e. The number of H-pyrrole nitrogens is 1. The van der Waals surface area contributed by atoms with Gasteiger partial charge in [0, 0.05) is 4.47 Å². The molecule has 24 heavy (non-hydrogen) atoms. The van der Waals surface area contributed by atoms with Crippen molar-refractivity contribution in [1.29, 1.82) is 0 Å². The maximum atomic E-state index is 11.9. The van der Waals surface area contributed by atoms with Gasteiger partial charge in [0.1, 0.15) is 0 Å². The van der Waals surface area contributed by atoms with Gasteiger partial charge in [-0.05, 0) is 36.8 Å². The van der Waals surface area contributed by atoms with Gasteiger partial charge in [-0.15, -0.1) is 0 Å². The number of amides is 1. The van der Waals surface area contributed by atoms with Crippen LogP contribution in [0.5, 0.6) is 0 Å². The minimum atomic E-state index is -0.170. The fraction of sp³-hybridized carbons (Fsp3) is 0.118. The van der Waals surface area contributed by atoms with Crippen molar-refractivity contribution in [3.63, 3.8) is 0 Å². The molecule has 5 nitrogen and oxygen atoms in total. The van der Waals surface area contributed by atoms with Crippen LogP contribution in [0.1, 0.15) is 12.5 Å². The molecule has 0 atom stereocenters. The molecule has 1 heterocycles. The highest BCUT2D eigenvalue weighted by Gasteiger charge is 2.06. The number of nitrogens with one attached hydrogen (secondary N) is 2. The van der Waals surface area contributed by atoms with E-state index < -0.39 is 0 Å². The predicted molar refractivity (Wildman–Crippen MR) is 101 cm³/mol. The van der Waals surface area contributed by atoms with Crippen molar-refractivity contribution in [2.75, 3.05) is 5.75 Å². The Hall–Kier alpha value is -2.12. The number of benzene rings is 2. The van der Waals surface area contributed by atoms with E-state index in [1.165, 1.54) is 11.8 Å². The number of hydrogen-bond acceptors (Lipinski definition) is 4. The van der Waals surface area contributed by atoms with E-state index in [-0.39, 0.29) is 11.7 Å². The van der Waals surface area contributed by atoms with Gasteiger partial charge in [0.2, 0.25) is 0 Å². The largest absolute Gasteiger partial charge is 0.333 e. The number of hydrogen-bond donors (Lipinski definition) is 2. The number of fused-ring (bicyclic) bond motifs is 1. The average molecular weight is 403 g/mol. The van der Waals surface area contributed by atoms with Gasteiger partial charge in [-0.1, -0.05) is 52.0 Å². The highest BCUT2D eigenvalue weighted by Crippen LogP contribution is 2.18. The molecule has 0 spiro atoms. The van der Waals surface area contributed by atoms with Crippen molar-refractivity contribution in [3.8, 4) is 0 Å². The Morgan fingerprint density at radius 3 is 2.75 bits per heavy atom. The number of hydrazone groups is 1. The number of aromatic nitrogens is 2. The van der Waals surface area contributed by atoms with E-state index in [0.717, 1.165) is 31.9 Å². The summed E-state index contributed by atoms with van der Waals surface area (Å²) in [5.74, 6) is 0.0774. The second-order valence-electron chi connectivity index (χ2n) is 5.09. The van der Waals surface area contributed by atoms with Gasteiger partial charge >= 0.3 is 0 Å². The lowest BCUT2D eigenvalue weighted by atomic mass is 10.1. The molecule has 7 heteroatoms. The zero-order valence-corrected chi connectivity index (χ0v) is 15.3. The summed E-state index contributed by atoms with van der Waals surface area (Å²) in [5.41, 5.74) is 6.15. The molecule has 2 N–H and O–H groups in total. The maximum absolute atomic E-state index is 11.9. The molecule has 0 aliphatic rings. The average Bonchev–Trinajstić information content (AvgIpc) is 3.01. The SMILES string of the molecule is CC(=NNC(=O)CSc1nc2ccccc2[nH]1)c1ccc(Br)cc1. The zero-order chi connectivity index (χ0) is 16.9. The Morgan fingerprint density at radius 2 is 2.00 bits per heavy atom. The number of imidazole rings is 1. The van der Waals surface area contributed by atoms with Crippen LogP contribution in [-0.4, -0.2) is 27.3 Å². The van der Waals surface area contributed by atoms with Crippen LogP contribution in [0.15, 0.2) is 63.3 Å². The number of thioether (sulfide) groups is 1. The van der Waals surface area contributed by atoms with Crippen molar-refractivity contribution in [3.05, 3.63) is 58.6 Å². The van der Waals surface area contributed by atoms with E-state index in [2.05, 4.69) is 36.4 Å². The summed E-state index contributed by atoms with van der Waals surface area (Å²) in [5, 5.41) is 4.86. The molecule has 0 aliphatic heterocycles. The van der Waals surface area contributed by atoms with Gasteiger partial charge in [-0.25, -0.2) is 10.4 Å². The van der Waals surface area contributed by atoms with Crippen LogP contribution in [0.25, 0.3) is 11.0 Å². The molecule has 0 saturated heterocycles. The fourth-order valence-corrected chi connectivity index (χ4v) is 3.01. The number of carbonyl (C=O) groups excluding carboxylic acids is 1. The monoisotopic (exact) mass is 402 g/mol. The van der Waals surface area contributed by atoms with Crippen molar-refractivity contribution < 1.29 is 4.79 Å². The van der Waals surface area contributed by atoms with Gasteiger partial charge in [0.05, 0.1) is 22.5 Å². The number of aromatic amines is 1. The molecule has 0 unspecified atom stereocenters. The van der Waals surface area contributed by atoms with E-state index in [0.29, 0.717) is 0 Å². The Kier molecular flexibility index (Phi) is 5.32. The lowest BCUT2D eigenvalue weighted by Crippen LogP contribution is -2.21. The first-order chi connectivity index (χ1) is 11.6. The summed E-state index contributed by atoms with van der Waals surface area (Å²) in [6.45, 7) is 1.86. The molecule has 1 amide bonds. The van der Waals surface area contributed by atoms with Crippen molar-refractivity contribution in [2.45, 2.75) is 12.1 Å². The molecule has 0 fully saturated rings. The van der Waals surface area contributed by atoms with E-state index >= 15 is 0 Å². The Labute approximate surface area is 152 Å². The Bertz CT molecular complexity index is 856. The van der Waals surface area contributed by atoms with Crippen LogP contribution in [0, 0.1) is 0 Å². The molecule has 3 aromatic rings. The summed E-state index contributed by atoms with van der Waals surface area (Å²) >= 11 is 4.74. The van der Waals surface area contributed by atoms with Gasteiger partial charge < -0.3 is 4.98 Å². The first-order valence-corrected chi connectivity index (χ1v) is 9.06. The lowest BCUT2D eigenvalue weighted by Gasteiger charge is -2.02. The first-order valence-electron chi connectivity index (χ1n) is 7.28. The highest BCUT2D eigenvalue weighted by atomic mass is 79.9. The number of halogens is 1. The molecule has 2 aromatic carbocycles. The summed E-state index contributed by atoms with van der Waals surface area (Å²) in [6.07, 6.45) is 0. The van der Waals surface area contributed by atoms with E-state index in [1.54, 1.807) is 0 Å². The number of para-hydroxylation sites is 2. The van der Waals surface area contributed by atoms with Gasteiger partial charge in [-0.2, -0.15) is 5.10 Å². The van der Waals surface area contributed by atoms with E-state index in [4.69, 9.17) is 0 Å². The normalized spacial score (nSPS) is 11.7. The molecular formula is C17H15BrN4OS. The maximum Gasteiger partial charge on any atom is 0.250 e. The third kappa shape index (κ3) is 4.24. The van der Waals surface area contributed by atoms with Gasteiger partial charge in [0.25, 0.3) is 5.91 Å². The molecular weight excluding hydrogens is 388 g/mol. The Balaban J connectivity index is 1.55. The van der Waals surface area contributed by atoms with Crippen LogP contribution in [0.4, 0.5) is 0 Å². The molecule has 3 rings (SSSR count). The molecule has 0 aliphatic carbocycles. The zero-order valence-electron chi connectivity index (χ0n) is 12.9. The number of nitrogens with zero attached hydrogens (tertiary/aromatic N) is 2. The molecule has 1 aromatic heterocycles. The minimum Gasteiger partial charge on any atom is -0.333 e. The van der Waals surface area contributed by atoms with Gasteiger partial charge in [0.15, 0.2) is 5.16 Å². The summed E-state index contributed by atoms with van der Waals surface area (Å²) < 4.78 is 1.00. The van der Waals surface area contributed by atoms with Crippen LogP contribution in [0.2, 0.25) is 0 Å². The van der Waals surface area contributed by atoms with Gasteiger partial charge in [-0.3, -0.25) is 4.79 Å². The van der Waals surface area contributed by atoms with Crippen molar-refractivity contribution in [1.82, 2.24) is 15.4 Å². The standard InChI is InChI=1S/C17H15BrN4OS/c1-11(12-6-8-13(18)9-7-12)21-22-16(23)10-24-17-19-14-4-2-3-5-15(14)20-17/h2-9H,10H2,1H3,(H,19,20)(H,22,23). The van der Waals surface area contributed by atoms with Crippen LogP contribution >= 0.6 is 27.7 Å². The first kappa shape index (κ1) is 16.7. The third-order valence-corrected chi connectivity index (χ3v) is 4.72. The second kappa shape index (κ2) is 7.63. The molecule has 0 bridgehead atoms. The highest BCUT2D eigenvalue weighted by molar-refractivity contribution is 9.10. The third-order valence-electron chi connectivity index (χ3n) is 3.32. The number of rotatable bonds is 5. The van der Waals surface area contributed by atoms with E-state index in [9.17, 15) is 4.79 Å². The Morgan fingerprint density at radius 1 is 1.25 bits per heavy atom. The molecule has 122 valence electrons. The summed E-state index contributed by atoms with van der Waals surface area (Å²) in [6, 6.07) is 15.5. The predicted octanol–water partition coefficient (Wildman–Crippen LogP) is 3.96. The minimum absolute atomic E-state index is 0.170. The topological polar surface area (TPSA) is 70.1 Å². The van der Waals surface area contributed by atoms with Crippen LogP contribution < -0.4 is 5.43 Å².